The summed E-state index contributed by atoms with van der Waals surface area (Å²) in [6.07, 6.45) is 1.84. The molecule has 8 heteroatoms. The third kappa shape index (κ3) is 6.28. The third-order valence-electron chi connectivity index (χ3n) is 3.82. The molecule has 27 heavy (non-hydrogen) atoms. The molecular weight excluding hydrogens is 364 g/mol. The van der Waals surface area contributed by atoms with E-state index in [-0.39, 0.29) is 0 Å². The van der Waals surface area contributed by atoms with Crippen molar-refractivity contribution >= 4 is 25.8 Å². The number of rotatable bonds is 11. The summed E-state index contributed by atoms with van der Waals surface area (Å²) in [5.74, 6) is 0.437. The SMILES string of the molecule is CCO[Si](CCCNC(=O)Oc1cccc2cccnc12)(OCC)OCC. The third-order valence-corrected chi connectivity index (χ3v) is 6.97. The first-order valence-corrected chi connectivity index (χ1v) is 11.3. The summed E-state index contributed by atoms with van der Waals surface area (Å²) in [6, 6.07) is 9.89. The summed E-state index contributed by atoms with van der Waals surface area (Å²) >= 11 is 0. The molecule has 0 unspecified atom stereocenters. The van der Waals surface area contributed by atoms with Crippen molar-refractivity contribution in [2.45, 2.75) is 33.2 Å². The number of pyridine rings is 1. The van der Waals surface area contributed by atoms with Crippen LogP contribution in [0.5, 0.6) is 5.75 Å². The van der Waals surface area contributed by atoms with Gasteiger partial charge in [-0.3, -0.25) is 4.98 Å². The van der Waals surface area contributed by atoms with E-state index in [2.05, 4.69) is 10.3 Å². The molecule has 0 saturated carbocycles. The monoisotopic (exact) mass is 392 g/mol. The number of para-hydroxylation sites is 1. The Morgan fingerprint density at radius 2 is 1.70 bits per heavy atom. The number of nitrogens with zero attached hydrogens (tertiary/aromatic N) is 1. The van der Waals surface area contributed by atoms with Crippen LogP contribution in [0.1, 0.15) is 27.2 Å². The number of aromatic nitrogens is 1. The minimum absolute atomic E-state index is 0.437. The Bertz CT molecular complexity index is 706. The van der Waals surface area contributed by atoms with Crippen LogP contribution in [-0.4, -0.2) is 46.2 Å². The van der Waals surface area contributed by atoms with E-state index in [1.165, 1.54) is 0 Å². The van der Waals surface area contributed by atoms with Crippen molar-refractivity contribution in [1.82, 2.24) is 10.3 Å². The van der Waals surface area contributed by atoms with Crippen LogP contribution in [0, 0.1) is 0 Å². The maximum absolute atomic E-state index is 12.1. The lowest BCUT2D eigenvalue weighted by Gasteiger charge is -2.28. The van der Waals surface area contributed by atoms with Gasteiger partial charge in [0.25, 0.3) is 0 Å². The maximum Gasteiger partial charge on any atom is 0.500 e. The molecule has 0 fully saturated rings. The van der Waals surface area contributed by atoms with E-state index >= 15 is 0 Å². The summed E-state index contributed by atoms with van der Waals surface area (Å²) in [7, 11) is -2.68. The van der Waals surface area contributed by atoms with E-state index in [1.807, 2.05) is 45.0 Å². The molecule has 0 radical (unpaired) electrons. The van der Waals surface area contributed by atoms with Gasteiger partial charge in [0.15, 0.2) is 5.75 Å². The molecule has 0 aliphatic carbocycles. The highest BCUT2D eigenvalue weighted by Gasteiger charge is 2.39. The molecule has 0 aliphatic heterocycles. The van der Waals surface area contributed by atoms with Gasteiger partial charge < -0.3 is 23.3 Å². The summed E-state index contributed by atoms with van der Waals surface area (Å²) in [6.45, 7) is 7.83. The zero-order chi connectivity index (χ0) is 19.5. The molecule has 0 spiro atoms. The van der Waals surface area contributed by atoms with Crippen molar-refractivity contribution in [3.05, 3.63) is 36.5 Å². The second-order valence-electron chi connectivity index (χ2n) is 5.73. The Balaban J connectivity index is 1.86. The first kappa shape index (κ1) is 21.3. The number of carbonyl (C=O) groups is 1. The first-order chi connectivity index (χ1) is 13.1. The normalized spacial score (nSPS) is 11.5. The van der Waals surface area contributed by atoms with Crippen LogP contribution in [0.3, 0.4) is 0 Å². The number of carbonyl (C=O) groups excluding carboxylic acids is 1. The minimum Gasteiger partial charge on any atom is -0.408 e. The lowest BCUT2D eigenvalue weighted by molar-refractivity contribution is 0.0708. The largest absolute Gasteiger partial charge is 0.500 e. The van der Waals surface area contributed by atoms with Gasteiger partial charge in [-0.15, -0.1) is 0 Å². The van der Waals surface area contributed by atoms with Gasteiger partial charge in [0, 0.05) is 44.0 Å². The fourth-order valence-corrected chi connectivity index (χ4v) is 5.40. The van der Waals surface area contributed by atoms with Crippen molar-refractivity contribution in [2.75, 3.05) is 26.4 Å². The number of ether oxygens (including phenoxy) is 1. The Morgan fingerprint density at radius 3 is 2.37 bits per heavy atom. The topological polar surface area (TPSA) is 78.9 Å². The lowest BCUT2D eigenvalue weighted by Crippen LogP contribution is -2.46. The molecule has 1 aromatic carbocycles. The highest BCUT2D eigenvalue weighted by Crippen LogP contribution is 2.23. The van der Waals surface area contributed by atoms with Crippen LogP contribution in [-0.2, 0) is 13.3 Å². The lowest BCUT2D eigenvalue weighted by atomic mass is 10.2. The average molecular weight is 393 g/mol. The fourth-order valence-electron chi connectivity index (χ4n) is 2.79. The summed E-state index contributed by atoms with van der Waals surface area (Å²) in [5, 5.41) is 3.68. The standard InChI is InChI=1S/C19H28N2O5Si/c1-4-23-27(24-5-2,25-6-3)15-9-14-21-19(22)26-17-12-7-10-16-11-8-13-20-18(16)17/h7-8,10-13H,4-6,9,14-15H2,1-3H3,(H,21,22). The van der Waals surface area contributed by atoms with Crippen LogP contribution < -0.4 is 10.1 Å². The van der Waals surface area contributed by atoms with Crippen molar-refractivity contribution in [3.63, 3.8) is 0 Å². The minimum atomic E-state index is -2.68. The van der Waals surface area contributed by atoms with E-state index < -0.39 is 14.9 Å². The first-order valence-electron chi connectivity index (χ1n) is 9.35. The Morgan fingerprint density at radius 1 is 1.04 bits per heavy atom. The zero-order valence-corrected chi connectivity index (χ0v) is 17.2. The molecular formula is C19H28N2O5Si. The van der Waals surface area contributed by atoms with Crippen LogP contribution in [0.15, 0.2) is 36.5 Å². The van der Waals surface area contributed by atoms with Gasteiger partial charge in [0.1, 0.15) is 5.52 Å². The average Bonchev–Trinajstić information content (AvgIpc) is 2.66. The molecule has 148 valence electrons. The molecule has 2 aromatic rings. The summed E-state index contributed by atoms with van der Waals surface area (Å²) in [4.78, 5) is 16.4. The highest BCUT2D eigenvalue weighted by atomic mass is 28.4. The van der Waals surface area contributed by atoms with E-state index in [4.69, 9.17) is 18.0 Å². The summed E-state index contributed by atoms with van der Waals surface area (Å²) < 4.78 is 22.8. The van der Waals surface area contributed by atoms with Gasteiger partial charge in [-0.2, -0.15) is 0 Å². The van der Waals surface area contributed by atoms with Crippen LogP contribution in [0.25, 0.3) is 10.9 Å². The number of hydrogen-bond donors (Lipinski definition) is 1. The van der Waals surface area contributed by atoms with Gasteiger partial charge in [-0.05, 0) is 39.3 Å². The maximum atomic E-state index is 12.1. The molecule has 0 atom stereocenters. The molecule has 1 aromatic heterocycles. The number of amides is 1. The Kier molecular flexibility index (Phi) is 8.66. The molecule has 1 heterocycles. The van der Waals surface area contributed by atoms with Crippen molar-refractivity contribution in [3.8, 4) is 5.75 Å². The van der Waals surface area contributed by atoms with Gasteiger partial charge in [-0.1, -0.05) is 18.2 Å². The molecule has 0 saturated heterocycles. The van der Waals surface area contributed by atoms with Crippen LogP contribution in [0.4, 0.5) is 4.79 Å². The van der Waals surface area contributed by atoms with Crippen molar-refractivity contribution < 1.29 is 22.8 Å². The quantitative estimate of drug-likeness (QED) is 0.463. The molecule has 0 bridgehead atoms. The molecule has 7 nitrogen and oxygen atoms in total. The van der Waals surface area contributed by atoms with Gasteiger partial charge in [0.05, 0.1) is 0 Å². The Hall–Kier alpha value is -2.00. The smallest absolute Gasteiger partial charge is 0.408 e. The van der Waals surface area contributed by atoms with E-state index in [1.54, 1.807) is 12.3 Å². The van der Waals surface area contributed by atoms with Gasteiger partial charge >= 0.3 is 14.9 Å². The number of hydrogen-bond acceptors (Lipinski definition) is 6. The van der Waals surface area contributed by atoms with E-state index in [0.29, 0.717) is 50.1 Å². The highest BCUT2D eigenvalue weighted by molar-refractivity contribution is 6.60. The fraction of sp³-hybridized carbons (Fsp3) is 0.474. The molecule has 0 aliphatic rings. The van der Waals surface area contributed by atoms with Crippen LogP contribution >= 0.6 is 0 Å². The number of nitrogens with one attached hydrogen (secondary N) is 1. The van der Waals surface area contributed by atoms with Gasteiger partial charge in [0.2, 0.25) is 0 Å². The second kappa shape index (κ2) is 11.0. The van der Waals surface area contributed by atoms with Crippen molar-refractivity contribution in [2.24, 2.45) is 0 Å². The van der Waals surface area contributed by atoms with E-state index in [0.717, 1.165) is 5.39 Å². The molecule has 1 amide bonds. The van der Waals surface area contributed by atoms with Gasteiger partial charge in [-0.25, -0.2) is 4.79 Å². The van der Waals surface area contributed by atoms with E-state index in [9.17, 15) is 4.79 Å². The predicted molar refractivity (Wildman–Crippen MR) is 106 cm³/mol. The Labute approximate surface area is 161 Å². The predicted octanol–water partition coefficient (Wildman–Crippen LogP) is 3.76. The number of fused-ring (bicyclic) bond motifs is 1. The number of benzene rings is 1. The molecule has 2 rings (SSSR count). The second-order valence-corrected chi connectivity index (χ2v) is 8.47. The molecule has 1 N–H and O–H groups in total. The van der Waals surface area contributed by atoms with Crippen molar-refractivity contribution in [1.29, 1.82) is 0 Å². The van der Waals surface area contributed by atoms with Crippen LogP contribution in [0.2, 0.25) is 6.04 Å². The zero-order valence-electron chi connectivity index (χ0n) is 16.2. The summed E-state index contributed by atoms with van der Waals surface area (Å²) in [5.41, 5.74) is 0.658.